The Morgan fingerprint density at radius 1 is 1.06 bits per heavy atom. The van der Waals surface area contributed by atoms with Crippen LogP contribution < -0.4 is 14.4 Å². The fourth-order valence-electron chi connectivity index (χ4n) is 4.06. The maximum absolute atomic E-state index is 12.9. The first kappa shape index (κ1) is 25.7. The van der Waals surface area contributed by atoms with Gasteiger partial charge >= 0.3 is 5.97 Å². The van der Waals surface area contributed by atoms with Crippen molar-refractivity contribution in [2.24, 2.45) is 0 Å². The summed E-state index contributed by atoms with van der Waals surface area (Å²) in [4.78, 5) is 26.6. The molecule has 1 N–H and O–H groups in total. The van der Waals surface area contributed by atoms with Crippen molar-refractivity contribution in [3.63, 3.8) is 0 Å². The molecule has 1 amide bonds. The van der Waals surface area contributed by atoms with Gasteiger partial charge in [0.2, 0.25) is 15.9 Å². The van der Waals surface area contributed by atoms with Crippen molar-refractivity contribution in [3.05, 3.63) is 76.2 Å². The van der Waals surface area contributed by atoms with Crippen molar-refractivity contribution in [3.8, 4) is 5.75 Å². The fourth-order valence-corrected chi connectivity index (χ4v) is 6.21. The van der Waals surface area contributed by atoms with Gasteiger partial charge < -0.3 is 14.8 Å². The van der Waals surface area contributed by atoms with E-state index in [1.165, 1.54) is 11.3 Å². The van der Waals surface area contributed by atoms with Crippen molar-refractivity contribution in [2.75, 3.05) is 29.0 Å². The van der Waals surface area contributed by atoms with Gasteiger partial charge in [0, 0.05) is 4.88 Å². The predicted molar refractivity (Wildman–Crippen MR) is 140 cm³/mol. The Morgan fingerprint density at radius 2 is 1.78 bits per heavy atom. The number of ether oxygens (including phenoxy) is 2. The normalized spacial score (nSPS) is 12.6. The first-order valence-corrected chi connectivity index (χ1v) is 14.3. The van der Waals surface area contributed by atoms with Crippen molar-refractivity contribution >= 4 is 43.9 Å². The highest BCUT2D eigenvalue weighted by Crippen LogP contribution is 2.39. The Bertz CT molecular complexity index is 1330. The van der Waals surface area contributed by atoms with E-state index in [1.54, 1.807) is 31.2 Å². The number of esters is 1. The number of sulfonamides is 1. The number of carbonyl (C=O) groups is 2. The number of aryl methyl sites for hydroxylation is 1. The molecule has 1 heterocycles. The Balaban J connectivity index is 1.47. The van der Waals surface area contributed by atoms with E-state index < -0.39 is 28.4 Å². The van der Waals surface area contributed by atoms with E-state index in [1.807, 2.05) is 30.3 Å². The van der Waals surface area contributed by atoms with Crippen LogP contribution in [0.5, 0.6) is 5.75 Å². The molecule has 1 aliphatic carbocycles. The van der Waals surface area contributed by atoms with Gasteiger partial charge in [-0.05, 0) is 61.6 Å². The molecule has 0 spiro atoms. The number of rotatable bonds is 10. The maximum atomic E-state index is 12.9. The molecule has 0 atom stereocenters. The first-order chi connectivity index (χ1) is 17.3. The molecule has 1 aromatic heterocycles. The number of anilines is 2. The molecule has 10 heteroatoms. The van der Waals surface area contributed by atoms with Crippen molar-refractivity contribution < 1.29 is 27.5 Å². The Hall–Kier alpha value is -3.37. The van der Waals surface area contributed by atoms with Crippen LogP contribution in [0.15, 0.2) is 54.6 Å². The fraction of sp³-hybridized carbons (Fsp3) is 0.308. The summed E-state index contributed by atoms with van der Waals surface area (Å²) in [6.45, 7) is 1.90. The largest absolute Gasteiger partial charge is 0.489 e. The molecule has 0 saturated carbocycles. The topological polar surface area (TPSA) is 102 Å². The molecule has 0 bridgehead atoms. The van der Waals surface area contributed by atoms with Gasteiger partial charge in [-0.2, -0.15) is 0 Å². The number of benzene rings is 2. The van der Waals surface area contributed by atoms with Crippen LogP contribution in [0, 0.1) is 0 Å². The highest BCUT2D eigenvalue weighted by Gasteiger charge is 2.29. The van der Waals surface area contributed by atoms with E-state index in [0.717, 1.165) is 45.8 Å². The van der Waals surface area contributed by atoms with Crippen LogP contribution >= 0.6 is 11.3 Å². The molecular formula is C26H28N2O6S2. The van der Waals surface area contributed by atoms with Crippen molar-refractivity contribution in [1.29, 1.82) is 0 Å². The van der Waals surface area contributed by atoms with E-state index in [2.05, 4.69) is 5.32 Å². The van der Waals surface area contributed by atoms with Crippen LogP contribution in [0.25, 0.3) is 0 Å². The van der Waals surface area contributed by atoms with E-state index >= 15 is 0 Å². The molecule has 0 aliphatic heterocycles. The molecule has 2 aromatic carbocycles. The molecule has 0 fully saturated rings. The number of thiophene rings is 1. The van der Waals surface area contributed by atoms with Crippen molar-refractivity contribution in [2.45, 2.75) is 32.8 Å². The summed E-state index contributed by atoms with van der Waals surface area (Å²) in [5.41, 5.74) is 2.64. The van der Waals surface area contributed by atoms with Gasteiger partial charge in [0.1, 0.15) is 23.9 Å². The lowest BCUT2D eigenvalue weighted by Gasteiger charge is -2.22. The highest BCUT2D eigenvalue weighted by molar-refractivity contribution is 7.92. The molecule has 8 nitrogen and oxygen atoms in total. The van der Waals surface area contributed by atoms with E-state index in [4.69, 9.17) is 9.47 Å². The van der Waals surface area contributed by atoms with Crippen LogP contribution in [0.3, 0.4) is 0 Å². The minimum Gasteiger partial charge on any atom is -0.489 e. The van der Waals surface area contributed by atoms with Crippen LogP contribution in [0.2, 0.25) is 0 Å². The third-order valence-corrected chi connectivity index (χ3v) is 8.06. The lowest BCUT2D eigenvalue weighted by Crippen LogP contribution is -2.37. The Morgan fingerprint density at radius 3 is 2.44 bits per heavy atom. The molecule has 36 heavy (non-hydrogen) atoms. The van der Waals surface area contributed by atoms with Crippen LogP contribution in [-0.2, 0) is 39.0 Å². The summed E-state index contributed by atoms with van der Waals surface area (Å²) in [5.74, 6) is -0.443. The van der Waals surface area contributed by atoms with Gasteiger partial charge in [-0.15, -0.1) is 11.3 Å². The molecule has 1 aliphatic rings. The molecule has 0 unspecified atom stereocenters. The van der Waals surface area contributed by atoms with Crippen molar-refractivity contribution in [1.82, 2.24) is 0 Å². The van der Waals surface area contributed by atoms with Crippen LogP contribution in [0.1, 0.15) is 39.7 Å². The Kier molecular flexibility index (Phi) is 7.95. The van der Waals surface area contributed by atoms with Crippen LogP contribution in [-0.4, -0.2) is 39.7 Å². The van der Waals surface area contributed by atoms with Gasteiger partial charge in [0.25, 0.3) is 0 Å². The average molecular weight is 529 g/mol. The lowest BCUT2D eigenvalue weighted by molar-refractivity contribution is -0.114. The molecule has 0 radical (unpaired) electrons. The van der Waals surface area contributed by atoms with Gasteiger partial charge in [0.15, 0.2) is 0 Å². The molecule has 190 valence electrons. The molecule has 0 saturated heterocycles. The standard InChI is InChI=1S/C26H28N2O6S2/c1-3-33-26(30)24-21-10-7-11-22(21)35-25(24)27-23(29)16-28(36(2,31)32)19-12-14-20(15-13-19)34-17-18-8-5-4-6-9-18/h4-6,8-9,12-15H,3,7,10-11,16-17H2,1-2H3,(H,27,29). The lowest BCUT2D eigenvalue weighted by atomic mass is 10.1. The molecule has 4 rings (SSSR count). The smallest absolute Gasteiger partial charge is 0.341 e. The minimum absolute atomic E-state index is 0.226. The quantitative estimate of drug-likeness (QED) is 0.392. The number of amides is 1. The average Bonchev–Trinajstić information content (AvgIpc) is 3.42. The molecule has 3 aromatic rings. The minimum atomic E-state index is -3.76. The van der Waals surface area contributed by atoms with E-state index in [-0.39, 0.29) is 6.61 Å². The summed E-state index contributed by atoms with van der Waals surface area (Å²) >= 11 is 1.35. The number of nitrogens with zero attached hydrogens (tertiary/aromatic N) is 1. The summed E-state index contributed by atoms with van der Waals surface area (Å²) in [7, 11) is -3.76. The van der Waals surface area contributed by atoms with Gasteiger partial charge in [0.05, 0.1) is 24.1 Å². The van der Waals surface area contributed by atoms with Gasteiger partial charge in [-0.1, -0.05) is 30.3 Å². The first-order valence-electron chi connectivity index (χ1n) is 11.6. The predicted octanol–water partition coefficient (Wildman–Crippen LogP) is 4.40. The van der Waals surface area contributed by atoms with E-state index in [9.17, 15) is 18.0 Å². The Labute approximate surface area is 214 Å². The van der Waals surface area contributed by atoms with Gasteiger partial charge in [-0.3, -0.25) is 9.10 Å². The summed E-state index contributed by atoms with van der Waals surface area (Å²) in [6.07, 6.45) is 3.60. The zero-order chi connectivity index (χ0) is 25.7. The van der Waals surface area contributed by atoms with Gasteiger partial charge in [-0.25, -0.2) is 13.2 Å². The zero-order valence-electron chi connectivity index (χ0n) is 20.2. The maximum Gasteiger partial charge on any atom is 0.341 e. The second-order valence-corrected chi connectivity index (χ2v) is 11.4. The number of hydrogen-bond donors (Lipinski definition) is 1. The number of hydrogen-bond acceptors (Lipinski definition) is 7. The SMILES string of the molecule is CCOC(=O)c1c(NC(=O)CN(c2ccc(OCc3ccccc3)cc2)S(C)(=O)=O)sc2c1CCC2. The summed E-state index contributed by atoms with van der Waals surface area (Å²) in [6, 6.07) is 16.2. The number of fused-ring (bicyclic) bond motifs is 1. The summed E-state index contributed by atoms with van der Waals surface area (Å²) in [5, 5.41) is 3.15. The second-order valence-electron chi connectivity index (χ2n) is 8.37. The third-order valence-electron chi connectivity index (χ3n) is 5.71. The monoisotopic (exact) mass is 528 g/mol. The zero-order valence-corrected chi connectivity index (χ0v) is 21.8. The summed E-state index contributed by atoms with van der Waals surface area (Å²) < 4.78 is 37.1. The number of nitrogens with one attached hydrogen (secondary N) is 1. The molecular weight excluding hydrogens is 500 g/mol. The van der Waals surface area contributed by atoms with Crippen LogP contribution in [0.4, 0.5) is 10.7 Å². The van der Waals surface area contributed by atoms with E-state index in [0.29, 0.717) is 28.6 Å². The number of carbonyl (C=O) groups excluding carboxylic acids is 2. The second kappa shape index (κ2) is 11.1. The highest BCUT2D eigenvalue weighted by atomic mass is 32.2. The third kappa shape index (κ3) is 6.06.